The number of anilines is 2. The molecule has 1 aromatic carbocycles. The van der Waals surface area contributed by atoms with Crippen molar-refractivity contribution in [2.24, 2.45) is 7.05 Å². The van der Waals surface area contributed by atoms with Gasteiger partial charge in [0.15, 0.2) is 0 Å². The summed E-state index contributed by atoms with van der Waals surface area (Å²) in [4.78, 5) is 12.0. The molecule has 0 saturated heterocycles. The van der Waals surface area contributed by atoms with Gasteiger partial charge in [-0.25, -0.2) is 0 Å². The van der Waals surface area contributed by atoms with Crippen LogP contribution in [-0.4, -0.2) is 15.7 Å². The summed E-state index contributed by atoms with van der Waals surface area (Å²) in [5.41, 5.74) is 7.94. The normalized spacial score (nSPS) is 10.4. The van der Waals surface area contributed by atoms with Crippen molar-refractivity contribution in [1.29, 1.82) is 0 Å². The second-order valence-corrected chi connectivity index (χ2v) is 4.47. The quantitative estimate of drug-likeness (QED) is 0.817. The SMILES string of the molecule is Cc1nn(C)cc1NC(=O)c1cc(N)cc(Cl)c1. The van der Waals surface area contributed by atoms with E-state index in [4.69, 9.17) is 17.3 Å². The molecule has 1 amide bonds. The van der Waals surface area contributed by atoms with Crippen LogP contribution in [0.25, 0.3) is 0 Å². The van der Waals surface area contributed by atoms with Crippen molar-refractivity contribution in [2.45, 2.75) is 6.92 Å². The Bertz CT molecular complexity index is 586. The molecule has 0 unspecified atom stereocenters. The van der Waals surface area contributed by atoms with Crippen LogP contribution in [-0.2, 0) is 7.05 Å². The third-order valence-corrected chi connectivity index (χ3v) is 2.66. The average molecular weight is 265 g/mol. The van der Waals surface area contributed by atoms with Gasteiger partial charge in [-0.1, -0.05) is 11.6 Å². The third-order valence-electron chi connectivity index (χ3n) is 2.44. The van der Waals surface area contributed by atoms with Gasteiger partial charge < -0.3 is 11.1 Å². The number of benzene rings is 1. The van der Waals surface area contributed by atoms with Gasteiger partial charge in [0, 0.05) is 29.5 Å². The highest BCUT2D eigenvalue weighted by Crippen LogP contribution is 2.19. The van der Waals surface area contributed by atoms with Crippen LogP contribution in [0.2, 0.25) is 5.02 Å². The molecule has 0 saturated carbocycles. The number of rotatable bonds is 2. The summed E-state index contributed by atoms with van der Waals surface area (Å²) in [5.74, 6) is -0.264. The first-order chi connectivity index (χ1) is 8.45. The molecule has 18 heavy (non-hydrogen) atoms. The minimum Gasteiger partial charge on any atom is -0.399 e. The van der Waals surface area contributed by atoms with Crippen molar-refractivity contribution >= 4 is 28.9 Å². The molecule has 5 nitrogen and oxygen atoms in total. The Morgan fingerprint density at radius 1 is 1.44 bits per heavy atom. The van der Waals surface area contributed by atoms with Crippen molar-refractivity contribution in [2.75, 3.05) is 11.1 Å². The van der Waals surface area contributed by atoms with Gasteiger partial charge in [0.25, 0.3) is 5.91 Å². The minimum absolute atomic E-state index is 0.264. The van der Waals surface area contributed by atoms with Gasteiger partial charge in [-0.05, 0) is 25.1 Å². The third kappa shape index (κ3) is 2.62. The maximum atomic E-state index is 12.0. The second kappa shape index (κ2) is 4.70. The number of hydrogen-bond donors (Lipinski definition) is 2. The summed E-state index contributed by atoms with van der Waals surface area (Å²) in [5, 5.41) is 7.34. The van der Waals surface area contributed by atoms with Gasteiger partial charge in [-0.3, -0.25) is 9.48 Å². The Hall–Kier alpha value is -2.01. The van der Waals surface area contributed by atoms with Crippen LogP contribution in [0.4, 0.5) is 11.4 Å². The monoisotopic (exact) mass is 264 g/mol. The molecule has 0 atom stereocenters. The first kappa shape index (κ1) is 12.4. The molecule has 6 heteroatoms. The number of nitrogens with two attached hydrogens (primary N) is 1. The lowest BCUT2D eigenvalue weighted by atomic mass is 10.2. The lowest BCUT2D eigenvalue weighted by Crippen LogP contribution is -2.12. The van der Waals surface area contributed by atoms with Gasteiger partial charge in [0.1, 0.15) is 0 Å². The Balaban J connectivity index is 2.24. The van der Waals surface area contributed by atoms with Gasteiger partial charge in [0.2, 0.25) is 0 Å². The highest BCUT2D eigenvalue weighted by atomic mass is 35.5. The fraction of sp³-hybridized carbons (Fsp3) is 0.167. The van der Waals surface area contributed by atoms with E-state index >= 15 is 0 Å². The lowest BCUT2D eigenvalue weighted by molar-refractivity contribution is 0.102. The van der Waals surface area contributed by atoms with Gasteiger partial charge in [-0.2, -0.15) is 5.10 Å². The second-order valence-electron chi connectivity index (χ2n) is 4.03. The fourth-order valence-electron chi connectivity index (χ4n) is 1.66. The number of carbonyl (C=O) groups excluding carboxylic acids is 1. The molecule has 1 heterocycles. The molecule has 3 N–H and O–H groups in total. The Morgan fingerprint density at radius 2 is 2.17 bits per heavy atom. The van der Waals surface area contributed by atoms with Crippen molar-refractivity contribution in [3.05, 3.63) is 40.7 Å². The highest BCUT2D eigenvalue weighted by molar-refractivity contribution is 6.31. The number of aryl methyl sites for hydroxylation is 2. The molecule has 1 aromatic heterocycles. The fourth-order valence-corrected chi connectivity index (χ4v) is 1.90. The van der Waals surface area contributed by atoms with Crippen molar-refractivity contribution in [3.8, 4) is 0 Å². The first-order valence-electron chi connectivity index (χ1n) is 5.33. The number of halogens is 1. The minimum atomic E-state index is -0.264. The smallest absolute Gasteiger partial charge is 0.255 e. The van der Waals surface area contributed by atoms with E-state index in [0.717, 1.165) is 5.69 Å². The predicted octanol–water partition coefficient (Wildman–Crippen LogP) is 2.22. The van der Waals surface area contributed by atoms with E-state index in [1.807, 2.05) is 6.92 Å². The van der Waals surface area contributed by atoms with Crippen molar-refractivity contribution < 1.29 is 4.79 Å². The summed E-state index contributed by atoms with van der Waals surface area (Å²) in [6.07, 6.45) is 1.74. The van der Waals surface area contributed by atoms with E-state index in [1.165, 1.54) is 0 Å². The summed E-state index contributed by atoms with van der Waals surface area (Å²) in [6.45, 7) is 1.82. The predicted molar refractivity (Wildman–Crippen MR) is 71.8 cm³/mol. The molecule has 94 valence electrons. The molecule has 0 aliphatic heterocycles. The number of amides is 1. The van der Waals surface area contributed by atoms with Crippen molar-refractivity contribution in [1.82, 2.24) is 9.78 Å². The molecular weight excluding hydrogens is 252 g/mol. The molecule has 2 rings (SSSR count). The molecule has 2 aromatic rings. The summed E-state index contributed by atoms with van der Waals surface area (Å²) in [7, 11) is 1.79. The number of aromatic nitrogens is 2. The maximum Gasteiger partial charge on any atom is 0.255 e. The first-order valence-corrected chi connectivity index (χ1v) is 5.71. The zero-order chi connectivity index (χ0) is 13.3. The number of nitrogens with zero attached hydrogens (tertiary/aromatic N) is 2. The van der Waals surface area contributed by atoms with Crippen LogP contribution < -0.4 is 11.1 Å². The van der Waals surface area contributed by atoms with Gasteiger partial charge >= 0.3 is 0 Å². The van der Waals surface area contributed by atoms with Crippen LogP contribution in [0.3, 0.4) is 0 Å². The topological polar surface area (TPSA) is 72.9 Å². The van der Waals surface area contributed by atoms with Crippen LogP contribution in [0.5, 0.6) is 0 Å². The van der Waals surface area contributed by atoms with Gasteiger partial charge in [-0.15, -0.1) is 0 Å². The van der Waals surface area contributed by atoms with Crippen LogP contribution in [0.15, 0.2) is 24.4 Å². The Labute approximate surface area is 110 Å². The summed E-state index contributed by atoms with van der Waals surface area (Å²) >= 11 is 5.86. The average Bonchev–Trinajstić information content (AvgIpc) is 2.56. The highest BCUT2D eigenvalue weighted by Gasteiger charge is 2.11. The van der Waals surface area contributed by atoms with E-state index in [-0.39, 0.29) is 5.91 Å². The summed E-state index contributed by atoms with van der Waals surface area (Å²) < 4.78 is 1.64. The molecular formula is C12H13ClN4O. The number of carbonyl (C=O) groups is 1. The molecule has 0 spiro atoms. The van der Waals surface area contributed by atoms with Gasteiger partial charge in [0.05, 0.1) is 11.4 Å². The molecule has 0 fully saturated rings. The molecule has 0 aliphatic carbocycles. The molecule has 0 radical (unpaired) electrons. The number of hydrogen-bond acceptors (Lipinski definition) is 3. The maximum absolute atomic E-state index is 12.0. The number of nitrogen functional groups attached to an aromatic ring is 1. The van der Waals surface area contributed by atoms with Crippen molar-refractivity contribution in [3.63, 3.8) is 0 Å². The number of nitrogens with one attached hydrogen (secondary N) is 1. The van der Waals surface area contributed by atoms with E-state index < -0.39 is 0 Å². The standard InChI is InChI=1S/C12H13ClN4O/c1-7-11(6-17(2)16-7)15-12(18)8-3-9(13)5-10(14)4-8/h3-6H,14H2,1-2H3,(H,15,18). The van der Waals surface area contributed by atoms with Crippen LogP contribution in [0, 0.1) is 6.92 Å². The van der Waals surface area contributed by atoms with E-state index in [2.05, 4.69) is 10.4 Å². The van der Waals surface area contributed by atoms with Crippen LogP contribution in [0.1, 0.15) is 16.1 Å². The zero-order valence-electron chi connectivity index (χ0n) is 10.1. The van der Waals surface area contributed by atoms with E-state index in [0.29, 0.717) is 22.0 Å². The Morgan fingerprint density at radius 3 is 2.72 bits per heavy atom. The van der Waals surface area contributed by atoms with Crippen LogP contribution >= 0.6 is 11.6 Å². The molecule has 0 bridgehead atoms. The van der Waals surface area contributed by atoms with E-state index in [9.17, 15) is 4.79 Å². The molecule has 0 aliphatic rings. The summed E-state index contributed by atoms with van der Waals surface area (Å²) in [6, 6.07) is 4.74. The Kier molecular flexibility index (Phi) is 3.25. The largest absolute Gasteiger partial charge is 0.399 e. The van der Waals surface area contributed by atoms with E-state index in [1.54, 1.807) is 36.1 Å². The zero-order valence-corrected chi connectivity index (χ0v) is 10.8. The lowest BCUT2D eigenvalue weighted by Gasteiger charge is -2.05.